The van der Waals surface area contributed by atoms with Crippen molar-refractivity contribution < 1.29 is 9.47 Å². The molecule has 0 saturated carbocycles. The van der Waals surface area contributed by atoms with Gasteiger partial charge in [0.1, 0.15) is 0 Å². The summed E-state index contributed by atoms with van der Waals surface area (Å²) in [6.07, 6.45) is 7.61. The molecule has 2 nitrogen and oxygen atoms in total. The third-order valence-electron chi connectivity index (χ3n) is 1.55. The second kappa shape index (κ2) is 9.49. The average molecular weight is 184 g/mol. The molecule has 0 aliphatic carbocycles. The molecule has 0 aliphatic heterocycles. The Kier molecular flexibility index (Phi) is 9.05. The van der Waals surface area contributed by atoms with Gasteiger partial charge in [0.25, 0.3) is 0 Å². The number of hydrogen-bond acceptors (Lipinski definition) is 2. The summed E-state index contributed by atoms with van der Waals surface area (Å²) in [6.45, 7) is 8.96. The number of allylic oxidation sites excluding steroid dienone is 3. The highest BCUT2D eigenvalue weighted by molar-refractivity contribution is 4.96. The number of rotatable bonds is 8. The third-order valence-corrected chi connectivity index (χ3v) is 1.55. The van der Waals surface area contributed by atoms with Gasteiger partial charge in [0.2, 0.25) is 0 Å². The van der Waals surface area contributed by atoms with Gasteiger partial charge in [0, 0.05) is 19.6 Å². The van der Waals surface area contributed by atoms with Crippen LogP contribution < -0.4 is 0 Å². The van der Waals surface area contributed by atoms with E-state index in [4.69, 9.17) is 9.47 Å². The Hall–Kier alpha value is -0.600. The summed E-state index contributed by atoms with van der Waals surface area (Å²) >= 11 is 0. The fourth-order valence-electron chi connectivity index (χ4n) is 1.01. The summed E-state index contributed by atoms with van der Waals surface area (Å²) in [7, 11) is 0. The van der Waals surface area contributed by atoms with Crippen LogP contribution in [0.5, 0.6) is 0 Å². The second-order valence-corrected chi connectivity index (χ2v) is 2.58. The third kappa shape index (κ3) is 7.75. The molecule has 0 aromatic heterocycles. The van der Waals surface area contributed by atoms with E-state index in [0.717, 1.165) is 12.8 Å². The summed E-state index contributed by atoms with van der Waals surface area (Å²) in [6, 6.07) is 0. The highest BCUT2D eigenvalue weighted by Crippen LogP contribution is 2.04. The van der Waals surface area contributed by atoms with Crippen LogP contribution in [-0.2, 0) is 9.47 Å². The van der Waals surface area contributed by atoms with Crippen LogP contribution in [-0.4, -0.2) is 19.5 Å². The molecule has 2 heteroatoms. The van der Waals surface area contributed by atoms with Gasteiger partial charge in [-0.25, -0.2) is 0 Å². The molecule has 0 amide bonds. The van der Waals surface area contributed by atoms with Crippen LogP contribution in [0.25, 0.3) is 0 Å². The van der Waals surface area contributed by atoms with Crippen LogP contribution in [0, 0.1) is 0 Å². The molecule has 0 fully saturated rings. The van der Waals surface area contributed by atoms with Gasteiger partial charge in [0.15, 0.2) is 6.29 Å². The van der Waals surface area contributed by atoms with Crippen molar-refractivity contribution in [1.82, 2.24) is 0 Å². The Balaban J connectivity index is 3.54. The molecule has 0 bridgehead atoms. The first-order chi connectivity index (χ1) is 6.35. The number of hydrogen-bond donors (Lipinski definition) is 0. The van der Waals surface area contributed by atoms with Gasteiger partial charge in [-0.1, -0.05) is 24.8 Å². The van der Waals surface area contributed by atoms with E-state index in [1.807, 2.05) is 19.9 Å². The van der Waals surface area contributed by atoms with Gasteiger partial charge in [-0.3, -0.25) is 0 Å². The summed E-state index contributed by atoms with van der Waals surface area (Å²) in [5.74, 6) is 0. The van der Waals surface area contributed by atoms with Gasteiger partial charge < -0.3 is 9.47 Å². The van der Waals surface area contributed by atoms with Crippen molar-refractivity contribution in [3.63, 3.8) is 0 Å². The quantitative estimate of drug-likeness (QED) is 0.426. The Labute approximate surface area is 81.2 Å². The minimum atomic E-state index is -0.0514. The predicted octanol–water partition coefficient (Wildman–Crippen LogP) is 2.91. The molecule has 0 saturated heterocycles. The van der Waals surface area contributed by atoms with Gasteiger partial charge in [-0.15, -0.1) is 0 Å². The van der Waals surface area contributed by atoms with Crippen molar-refractivity contribution in [2.75, 3.05) is 13.2 Å². The lowest BCUT2D eigenvalue weighted by Gasteiger charge is -2.15. The van der Waals surface area contributed by atoms with Crippen molar-refractivity contribution in [1.29, 1.82) is 0 Å². The first kappa shape index (κ1) is 12.4. The highest BCUT2D eigenvalue weighted by Gasteiger charge is 2.04. The Morgan fingerprint density at radius 3 is 2.31 bits per heavy atom. The second-order valence-electron chi connectivity index (χ2n) is 2.58. The van der Waals surface area contributed by atoms with Crippen molar-refractivity contribution in [2.24, 2.45) is 0 Å². The minimum absolute atomic E-state index is 0.0514. The monoisotopic (exact) mass is 184 g/mol. The van der Waals surface area contributed by atoms with Crippen LogP contribution in [0.3, 0.4) is 0 Å². The highest BCUT2D eigenvalue weighted by atomic mass is 16.7. The predicted molar refractivity (Wildman–Crippen MR) is 55.6 cm³/mol. The van der Waals surface area contributed by atoms with Crippen molar-refractivity contribution in [3.05, 3.63) is 24.8 Å². The zero-order chi connectivity index (χ0) is 9.94. The van der Waals surface area contributed by atoms with E-state index in [2.05, 4.69) is 12.7 Å². The van der Waals surface area contributed by atoms with E-state index in [1.54, 1.807) is 6.08 Å². The van der Waals surface area contributed by atoms with Crippen LogP contribution >= 0.6 is 0 Å². The fourth-order valence-corrected chi connectivity index (χ4v) is 1.01. The topological polar surface area (TPSA) is 18.5 Å². The number of ether oxygens (including phenoxy) is 2. The van der Waals surface area contributed by atoms with E-state index in [-0.39, 0.29) is 6.29 Å². The molecule has 0 rings (SSSR count). The van der Waals surface area contributed by atoms with Gasteiger partial charge in [-0.2, -0.15) is 0 Å². The Morgan fingerprint density at radius 2 is 1.85 bits per heavy atom. The largest absolute Gasteiger partial charge is 0.353 e. The normalized spacial score (nSPS) is 11.3. The maximum atomic E-state index is 5.38. The van der Waals surface area contributed by atoms with Crippen LogP contribution in [0.1, 0.15) is 26.7 Å². The van der Waals surface area contributed by atoms with Crippen molar-refractivity contribution >= 4 is 0 Å². The summed E-state index contributed by atoms with van der Waals surface area (Å²) < 4.78 is 10.8. The summed E-state index contributed by atoms with van der Waals surface area (Å²) in [4.78, 5) is 0. The Morgan fingerprint density at radius 1 is 1.23 bits per heavy atom. The summed E-state index contributed by atoms with van der Waals surface area (Å²) in [5, 5.41) is 0. The van der Waals surface area contributed by atoms with E-state index < -0.39 is 0 Å². The zero-order valence-corrected chi connectivity index (χ0v) is 8.66. The smallest absolute Gasteiger partial charge is 0.157 e. The zero-order valence-electron chi connectivity index (χ0n) is 8.66. The van der Waals surface area contributed by atoms with Crippen molar-refractivity contribution in [2.45, 2.75) is 33.0 Å². The van der Waals surface area contributed by atoms with E-state index in [9.17, 15) is 0 Å². The van der Waals surface area contributed by atoms with Gasteiger partial charge in [-0.05, 0) is 20.3 Å². The van der Waals surface area contributed by atoms with Gasteiger partial charge in [0.05, 0.1) is 0 Å². The minimum Gasteiger partial charge on any atom is -0.353 e. The maximum Gasteiger partial charge on any atom is 0.157 e. The molecule has 76 valence electrons. The first-order valence-corrected chi connectivity index (χ1v) is 4.85. The van der Waals surface area contributed by atoms with Crippen LogP contribution in [0.15, 0.2) is 24.8 Å². The molecule has 0 radical (unpaired) electrons. The molecule has 0 aromatic rings. The lowest BCUT2D eigenvalue weighted by atomic mass is 10.3. The van der Waals surface area contributed by atoms with Crippen molar-refractivity contribution in [3.8, 4) is 0 Å². The summed E-state index contributed by atoms with van der Waals surface area (Å²) in [5.41, 5.74) is 0. The lowest BCUT2D eigenvalue weighted by molar-refractivity contribution is -0.138. The van der Waals surface area contributed by atoms with Crippen LogP contribution in [0.4, 0.5) is 0 Å². The SMILES string of the molecule is C=C/C=C\CCC(OCC)OCC. The molecule has 13 heavy (non-hydrogen) atoms. The molecule has 0 aromatic carbocycles. The molecule has 0 atom stereocenters. The van der Waals surface area contributed by atoms with E-state index in [1.165, 1.54) is 0 Å². The van der Waals surface area contributed by atoms with E-state index >= 15 is 0 Å². The molecule has 0 N–H and O–H groups in total. The molecular formula is C11H20O2. The fraction of sp³-hybridized carbons (Fsp3) is 0.636. The van der Waals surface area contributed by atoms with E-state index in [0.29, 0.717) is 13.2 Å². The average Bonchev–Trinajstić information content (AvgIpc) is 2.13. The maximum absolute atomic E-state index is 5.38. The molecule has 0 heterocycles. The standard InChI is InChI=1S/C11H20O2/c1-4-7-8-9-10-11(12-5-2)13-6-3/h4,7-8,11H,1,5-6,9-10H2,2-3H3/b8-7-. The molecular weight excluding hydrogens is 164 g/mol. The van der Waals surface area contributed by atoms with Gasteiger partial charge >= 0.3 is 0 Å². The lowest BCUT2D eigenvalue weighted by Crippen LogP contribution is -2.16. The van der Waals surface area contributed by atoms with Crippen LogP contribution in [0.2, 0.25) is 0 Å². The first-order valence-electron chi connectivity index (χ1n) is 4.85. The molecule has 0 unspecified atom stereocenters. The molecule has 0 aliphatic rings. The Bertz CT molecular complexity index is 135. The molecule has 0 spiro atoms.